The Morgan fingerprint density at radius 2 is 2.31 bits per heavy atom. The number of carboxylic acid groups (broad SMARTS) is 1. The lowest BCUT2D eigenvalue weighted by Crippen LogP contribution is -2.29. The van der Waals surface area contributed by atoms with Crippen molar-refractivity contribution in [2.75, 3.05) is 13.1 Å². The minimum Gasteiger partial charge on any atom is -0.481 e. The molecule has 2 heterocycles. The highest BCUT2D eigenvalue weighted by atomic mass is 32.1. The highest BCUT2D eigenvalue weighted by Gasteiger charge is 2.37. The molecule has 0 radical (unpaired) electrons. The molecule has 0 spiro atoms. The van der Waals surface area contributed by atoms with E-state index in [-0.39, 0.29) is 11.8 Å². The van der Waals surface area contributed by atoms with Gasteiger partial charge in [-0.2, -0.15) is 0 Å². The predicted molar refractivity (Wildman–Crippen MR) is 58.3 cm³/mol. The van der Waals surface area contributed by atoms with Crippen LogP contribution in [-0.2, 0) is 4.79 Å². The molecule has 2 atom stereocenters. The van der Waals surface area contributed by atoms with Crippen molar-refractivity contribution in [3.8, 4) is 0 Å². The van der Waals surface area contributed by atoms with Crippen molar-refractivity contribution in [2.45, 2.75) is 6.92 Å². The zero-order valence-electron chi connectivity index (χ0n) is 8.79. The second-order valence-corrected chi connectivity index (χ2v) is 4.88. The van der Waals surface area contributed by atoms with Crippen LogP contribution in [0.5, 0.6) is 0 Å². The summed E-state index contributed by atoms with van der Waals surface area (Å²) in [5.74, 6) is -1.38. The number of thiazole rings is 1. The van der Waals surface area contributed by atoms with Gasteiger partial charge in [0.2, 0.25) is 0 Å². The van der Waals surface area contributed by atoms with Crippen molar-refractivity contribution in [1.82, 2.24) is 9.88 Å². The van der Waals surface area contributed by atoms with E-state index in [0.29, 0.717) is 18.0 Å². The summed E-state index contributed by atoms with van der Waals surface area (Å²) in [7, 11) is 0. The van der Waals surface area contributed by atoms with E-state index >= 15 is 0 Å². The van der Waals surface area contributed by atoms with Gasteiger partial charge in [-0.1, -0.05) is 6.92 Å². The Morgan fingerprint density at radius 1 is 1.56 bits per heavy atom. The first kappa shape index (κ1) is 11.1. The summed E-state index contributed by atoms with van der Waals surface area (Å²) in [6, 6.07) is 0. The van der Waals surface area contributed by atoms with Crippen LogP contribution in [0.4, 0.5) is 0 Å². The summed E-state index contributed by atoms with van der Waals surface area (Å²) in [5.41, 5.74) is 1.60. The zero-order chi connectivity index (χ0) is 11.7. The average molecular weight is 240 g/mol. The molecule has 1 fully saturated rings. The number of likely N-dealkylation sites (tertiary alicyclic amines) is 1. The van der Waals surface area contributed by atoms with Gasteiger partial charge in [0.15, 0.2) is 0 Å². The predicted octanol–water partition coefficient (Wildman–Crippen LogP) is 0.936. The largest absolute Gasteiger partial charge is 0.481 e. The van der Waals surface area contributed by atoms with Crippen molar-refractivity contribution in [3.63, 3.8) is 0 Å². The van der Waals surface area contributed by atoms with Gasteiger partial charge >= 0.3 is 5.97 Å². The number of hydrogen-bond acceptors (Lipinski definition) is 4. The molecule has 0 aliphatic carbocycles. The molecule has 1 saturated heterocycles. The van der Waals surface area contributed by atoms with Crippen molar-refractivity contribution < 1.29 is 14.7 Å². The fraction of sp³-hybridized carbons (Fsp3) is 0.500. The van der Waals surface area contributed by atoms with Crippen molar-refractivity contribution in [3.05, 3.63) is 16.6 Å². The maximum atomic E-state index is 11.9. The van der Waals surface area contributed by atoms with Gasteiger partial charge in [-0.3, -0.25) is 14.6 Å². The van der Waals surface area contributed by atoms with Crippen LogP contribution in [0.1, 0.15) is 16.6 Å². The van der Waals surface area contributed by atoms with Gasteiger partial charge < -0.3 is 10.0 Å². The van der Waals surface area contributed by atoms with Crippen LogP contribution >= 0.6 is 11.3 Å². The summed E-state index contributed by atoms with van der Waals surface area (Å²) in [6.07, 6.45) is 1.52. The van der Waals surface area contributed by atoms with E-state index in [4.69, 9.17) is 5.11 Å². The third-order valence-corrected chi connectivity index (χ3v) is 3.62. The molecule has 6 heteroatoms. The first-order chi connectivity index (χ1) is 7.59. The van der Waals surface area contributed by atoms with Crippen molar-refractivity contribution in [1.29, 1.82) is 0 Å². The molecular weight excluding hydrogens is 228 g/mol. The van der Waals surface area contributed by atoms with Crippen LogP contribution in [0.3, 0.4) is 0 Å². The zero-order valence-corrected chi connectivity index (χ0v) is 9.61. The number of carboxylic acids is 1. The fourth-order valence-electron chi connectivity index (χ4n) is 1.93. The van der Waals surface area contributed by atoms with Crippen molar-refractivity contribution >= 4 is 23.2 Å². The Labute approximate surface area is 96.7 Å². The molecule has 2 rings (SSSR count). The molecule has 1 aliphatic rings. The Kier molecular flexibility index (Phi) is 2.91. The van der Waals surface area contributed by atoms with Gasteiger partial charge in [0.1, 0.15) is 4.88 Å². The molecule has 0 saturated carbocycles. The highest BCUT2D eigenvalue weighted by Crippen LogP contribution is 2.25. The molecule has 1 aromatic heterocycles. The number of aromatic nitrogens is 1. The van der Waals surface area contributed by atoms with E-state index in [9.17, 15) is 9.59 Å². The molecule has 16 heavy (non-hydrogen) atoms. The van der Waals surface area contributed by atoms with E-state index in [0.717, 1.165) is 0 Å². The molecule has 2 unspecified atom stereocenters. The first-order valence-corrected chi connectivity index (χ1v) is 5.88. The monoisotopic (exact) mass is 240 g/mol. The summed E-state index contributed by atoms with van der Waals surface area (Å²) in [4.78, 5) is 28.8. The van der Waals surface area contributed by atoms with Gasteiger partial charge in [-0.15, -0.1) is 11.3 Å². The molecule has 1 N–H and O–H groups in total. The number of nitrogens with zero attached hydrogens (tertiary/aromatic N) is 2. The SMILES string of the molecule is CC1CN(C(=O)c2cncs2)CC1C(=O)O. The van der Waals surface area contributed by atoms with Crippen LogP contribution in [0.25, 0.3) is 0 Å². The van der Waals surface area contributed by atoms with Crippen LogP contribution in [-0.4, -0.2) is 40.0 Å². The smallest absolute Gasteiger partial charge is 0.308 e. The van der Waals surface area contributed by atoms with Gasteiger partial charge in [0.05, 0.1) is 17.6 Å². The number of rotatable bonds is 2. The highest BCUT2D eigenvalue weighted by molar-refractivity contribution is 7.11. The number of carbonyl (C=O) groups is 2. The van der Waals surface area contributed by atoms with E-state index in [2.05, 4.69) is 4.98 Å². The Balaban J connectivity index is 2.09. The third kappa shape index (κ3) is 1.92. The molecule has 86 valence electrons. The van der Waals surface area contributed by atoms with Crippen LogP contribution in [0.15, 0.2) is 11.7 Å². The van der Waals surface area contributed by atoms with Gasteiger partial charge in [0, 0.05) is 13.1 Å². The maximum Gasteiger partial charge on any atom is 0.308 e. The summed E-state index contributed by atoms with van der Waals surface area (Å²) in [5, 5.41) is 8.97. The number of hydrogen-bond donors (Lipinski definition) is 1. The van der Waals surface area contributed by atoms with E-state index in [1.54, 1.807) is 10.4 Å². The average Bonchev–Trinajstić information content (AvgIpc) is 2.84. The second kappa shape index (κ2) is 4.21. The number of carbonyl (C=O) groups excluding carboxylic acids is 1. The fourth-order valence-corrected chi connectivity index (χ4v) is 2.52. The number of aliphatic carboxylic acids is 1. The lowest BCUT2D eigenvalue weighted by Gasteiger charge is -2.13. The molecular formula is C10H12N2O3S. The molecule has 0 bridgehead atoms. The van der Waals surface area contributed by atoms with Crippen LogP contribution in [0, 0.1) is 11.8 Å². The molecule has 1 amide bonds. The topological polar surface area (TPSA) is 70.5 Å². The molecule has 1 aromatic rings. The van der Waals surface area contributed by atoms with E-state index in [1.807, 2.05) is 6.92 Å². The summed E-state index contributed by atoms with van der Waals surface area (Å²) in [6.45, 7) is 2.67. The number of amides is 1. The Bertz CT molecular complexity index is 404. The van der Waals surface area contributed by atoms with Gasteiger partial charge in [-0.25, -0.2) is 0 Å². The van der Waals surface area contributed by atoms with E-state index < -0.39 is 11.9 Å². The minimum atomic E-state index is -0.827. The first-order valence-electron chi connectivity index (χ1n) is 5.00. The normalized spacial score (nSPS) is 24.7. The van der Waals surface area contributed by atoms with Crippen LogP contribution < -0.4 is 0 Å². The molecule has 0 aromatic carbocycles. The lowest BCUT2D eigenvalue weighted by atomic mass is 9.99. The lowest BCUT2D eigenvalue weighted by molar-refractivity contribution is -0.142. The molecule has 1 aliphatic heterocycles. The maximum absolute atomic E-state index is 11.9. The Hall–Kier alpha value is -1.43. The molecule has 5 nitrogen and oxygen atoms in total. The van der Waals surface area contributed by atoms with Crippen molar-refractivity contribution in [2.24, 2.45) is 11.8 Å². The quantitative estimate of drug-likeness (QED) is 0.835. The van der Waals surface area contributed by atoms with E-state index in [1.165, 1.54) is 17.5 Å². The summed E-state index contributed by atoms with van der Waals surface area (Å²) >= 11 is 1.28. The summed E-state index contributed by atoms with van der Waals surface area (Å²) < 4.78 is 0. The second-order valence-electron chi connectivity index (χ2n) is 4.00. The van der Waals surface area contributed by atoms with Crippen LogP contribution in [0.2, 0.25) is 0 Å². The minimum absolute atomic E-state index is 0.00868. The van der Waals surface area contributed by atoms with Gasteiger partial charge in [-0.05, 0) is 5.92 Å². The third-order valence-electron chi connectivity index (χ3n) is 2.86. The standard InChI is InChI=1S/C10H12N2O3S/c1-6-3-12(4-7(6)10(14)15)9(13)8-2-11-5-16-8/h2,5-7H,3-4H2,1H3,(H,14,15). The van der Waals surface area contributed by atoms with Gasteiger partial charge in [0.25, 0.3) is 5.91 Å². The Morgan fingerprint density at radius 3 is 2.81 bits per heavy atom.